The Labute approximate surface area is 73.3 Å². The van der Waals surface area contributed by atoms with Crippen LogP contribution < -0.4 is 16.0 Å². The van der Waals surface area contributed by atoms with Crippen molar-refractivity contribution in [2.75, 3.05) is 19.2 Å². The van der Waals surface area contributed by atoms with E-state index in [1.54, 1.807) is 0 Å². The standard InChI is InChI=1S/C9H15N3/c1-8-6-4-5-7-9(8)12(10-2)11-3/h4-7,10-11H,1-3H3. The summed E-state index contributed by atoms with van der Waals surface area (Å²) in [4.78, 5) is 0. The van der Waals surface area contributed by atoms with Crippen molar-refractivity contribution in [2.45, 2.75) is 6.92 Å². The molecule has 3 heteroatoms. The number of rotatable bonds is 3. The smallest absolute Gasteiger partial charge is 0.0731 e. The summed E-state index contributed by atoms with van der Waals surface area (Å²) >= 11 is 0. The predicted octanol–water partition coefficient (Wildman–Crippen LogP) is 1.07. The van der Waals surface area contributed by atoms with Gasteiger partial charge in [0.25, 0.3) is 0 Å². The van der Waals surface area contributed by atoms with Gasteiger partial charge in [0.2, 0.25) is 0 Å². The maximum atomic E-state index is 3.03. The molecule has 0 bridgehead atoms. The van der Waals surface area contributed by atoms with E-state index in [-0.39, 0.29) is 0 Å². The Morgan fingerprint density at radius 2 is 1.67 bits per heavy atom. The number of anilines is 1. The van der Waals surface area contributed by atoms with Crippen molar-refractivity contribution in [1.82, 2.24) is 10.9 Å². The summed E-state index contributed by atoms with van der Waals surface area (Å²) in [6.45, 7) is 2.08. The van der Waals surface area contributed by atoms with Gasteiger partial charge in [-0.05, 0) is 18.6 Å². The lowest BCUT2D eigenvalue weighted by atomic mass is 10.2. The molecule has 0 radical (unpaired) electrons. The molecule has 12 heavy (non-hydrogen) atoms. The van der Waals surface area contributed by atoms with Gasteiger partial charge in [0.15, 0.2) is 0 Å². The molecular formula is C9H15N3. The van der Waals surface area contributed by atoms with E-state index in [1.165, 1.54) is 5.56 Å². The van der Waals surface area contributed by atoms with E-state index in [1.807, 2.05) is 31.3 Å². The van der Waals surface area contributed by atoms with Crippen molar-refractivity contribution in [3.8, 4) is 0 Å². The molecule has 0 saturated carbocycles. The van der Waals surface area contributed by atoms with Crippen LogP contribution in [0.2, 0.25) is 0 Å². The average Bonchev–Trinajstić information content (AvgIpc) is 2.10. The molecule has 1 aromatic rings. The minimum absolute atomic E-state index is 1.14. The van der Waals surface area contributed by atoms with Gasteiger partial charge in [-0.25, -0.2) is 16.0 Å². The number of aryl methyl sites for hydroxylation is 1. The van der Waals surface area contributed by atoms with Gasteiger partial charge < -0.3 is 0 Å². The molecule has 2 N–H and O–H groups in total. The first kappa shape index (κ1) is 9.03. The highest BCUT2D eigenvalue weighted by atomic mass is 15.7. The number of benzene rings is 1. The van der Waals surface area contributed by atoms with Crippen molar-refractivity contribution in [3.05, 3.63) is 29.8 Å². The third-order valence-electron chi connectivity index (χ3n) is 1.80. The van der Waals surface area contributed by atoms with Crippen LogP contribution in [0.1, 0.15) is 5.56 Å². The van der Waals surface area contributed by atoms with Crippen molar-refractivity contribution in [1.29, 1.82) is 0 Å². The van der Waals surface area contributed by atoms with Crippen LogP contribution >= 0.6 is 0 Å². The van der Waals surface area contributed by atoms with Crippen LogP contribution in [0.25, 0.3) is 0 Å². The molecular weight excluding hydrogens is 150 g/mol. The predicted molar refractivity (Wildman–Crippen MR) is 51.8 cm³/mol. The molecule has 0 atom stereocenters. The molecule has 3 nitrogen and oxygen atoms in total. The second kappa shape index (κ2) is 4.09. The van der Waals surface area contributed by atoms with E-state index in [2.05, 4.69) is 29.9 Å². The Kier molecular flexibility index (Phi) is 3.08. The highest BCUT2D eigenvalue weighted by molar-refractivity contribution is 5.50. The van der Waals surface area contributed by atoms with Gasteiger partial charge in [0.05, 0.1) is 5.69 Å². The topological polar surface area (TPSA) is 27.3 Å². The number of para-hydroxylation sites is 1. The third-order valence-corrected chi connectivity index (χ3v) is 1.80. The minimum Gasteiger partial charge on any atom is -0.242 e. The van der Waals surface area contributed by atoms with Gasteiger partial charge in [0.1, 0.15) is 0 Å². The molecule has 66 valence electrons. The summed E-state index contributed by atoms with van der Waals surface area (Å²) in [5.74, 6) is 0. The summed E-state index contributed by atoms with van der Waals surface area (Å²) in [6.07, 6.45) is 0. The van der Waals surface area contributed by atoms with Gasteiger partial charge in [-0.3, -0.25) is 0 Å². The van der Waals surface area contributed by atoms with Gasteiger partial charge in [-0.2, -0.15) is 0 Å². The molecule has 0 spiro atoms. The normalized spacial score (nSPS) is 9.92. The lowest BCUT2D eigenvalue weighted by Gasteiger charge is -2.23. The van der Waals surface area contributed by atoms with E-state index < -0.39 is 0 Å². The first-order chi connectivity index (χ1) is 5.79. The van der Waals surface area contributed by atoms with Crippen molar-refractivity contribution < 1.29 is 0 Å². The Bertz CT molecular complexity index is 243. The SMILES string of the molecule is CNN(NC)c1ccccc1C. The second-order valence-corrected chi connectivity index (χ2v) is 2.57. The van der Waals surface area contributed by atoms with Crippen molar-refractivity contribution >= 4 is 5.69 Å². The van der Waals surface area contributed by atoms with Crippen molar-refractivity contribution in [3.63, 3.8) is 0 Å². The van der Waals surface area contributed by atoms with Crippen molar-refractivity contribution in [2.24, 2.45) is 0 Å². The van der Waals surface area contributed by atoms with Crippen LogP contribution in [0.5, 0.6) is 0 Å². The fourth-order valence-corrected chi connectivity index (χ4v) is 1.17. The zero-order valence-electron chi connectivity index (χ0n) is 7.76. The largest absolute Gasteiger partial charge is 0.242 e. The van der Waals surface area contributed by atoms with Crippen LogP contribution in [-0.2, 0) is 0 Å². The number of nitrogens with one attached hydrogen (secondary N) is 2. The molecule has 0 aliphatic carbocycles. The Morgan fingerprint density at radius 1 is 1.08 bits per heavy atom. The fraction of sp³-hybridized carbons (Fsp3) is 0.333. The summed E-state index contributed by atoms with van der Waals surface area (Å²) < 4.78 is 0. The maximum absolute atomic E-state index is 3.03. The number of hydrogen-bond donors (Lipinski definition) is 2. The van der Waals surface area contributed by atoms with Crippen LogP contribution in [0.4, 0.5) is 5.69 Å². The summed E-state index contributed by atoms with van der Waals surface area (Å²) in [5.41, 5.74) is 8.44. The van der Waals surface area contributed by atoms with E-state index in [0.29, 0.717) is 0 Å². The lowest BCUT2D eigenvalue weighted by molar-refractivity contribution is 0.622. The zero-order chi connectivity index (χ0) is 8.97. The molecule has 1 rings (SSSR count). The molecule has 0 fully saturated rings. The highest BCUT2D eigenvalue weighted by Gasteiger charge is 2.02. The number of hydrazine groups is 2. The number of hydrogen-bond acceptors (Lipinski definition) is 3. The van der Waals surface area contributed by atoms with E-state index in [0.717, 1.165) is 5.69 Å². The third kappa shape index (κ3) is 1.75. The first-order valence-corrected chi connectivity index (χ1v) is 4.00. The van der Waals surface area contributed by atoms with Gasteiger partial charge >= 0.3 is 0 Å². The molecule has 0 unspecified atom stereocenters. The van der Waals surface area contributed by atoms with Crippen LogP contribution in [0.3, 0.4) is 0 Å². The van der Waals surface area contributed by atoms with Gasteiger partial charge in [0, 0.05) is 14.1 Å². The molecule has 0 saturated heterocycles. The molecule has 1 aromatic carbocycles. The van der Waals surface area contributed by atoms with E-state index >= 15 is 0 Å². The van der Waals surface area contributed by atoms with Gasteiger partial charge in [-0.1, -0.05) is 18.2 Å². The summed E-state index contributed by atoms with van der Waals surface area (Å²) in [7, 11) is 3.76. The molecule has 0 amide bonds. The Morgan fingerprint density at radius 3 is 2.17 bits per heavy atom. The van der Waals surface area contributed by atoms with E-state index in [9.17, 15) is 0 Å². The lowest BCUT2D eigenvalue weighted by Crippen LogP contribution is -2.44. The molecule has 0 aliphatic heterocycles. The monoisotopic (exact) mass is 165 g/mol. The second-order valence-electron chi connectivity index (χ2n) is 2.57. The highest BCUT2D eigenvalue weighted by Crippen LogP contribution is 2.15. The summed E-state index contributed by atoms with van der Waals surface area (Å²) in [6, 6.07) is 8.19. The van der Waals surface area contributed by atoms with Crippen LogP contribution in [0, 0.1) is 6.92 Å². The molecule has 0 heterocycles. The fourth-order valence-electron chi connectivity index (χ4n) is 1.17. The first-order valence-electron chi connectivity index (χ1n) is 4.00. The Balaban J connectivity index is 2.92. The minimum atomic E-state index is 1.14. The Hall–Kier alpha value is -1.06. The zero-order valence-corrected chi connectivity index (χ0v) is 7.76. The number of nitrogens with zero attached hydrogens (tertiary/aromatic N) is 1. The average molecular weight is 165 g/mol. The maximum Gasteiger partial charge on any atom is 0.0731 e. The van der Waals surface area contributed by atoms with Gasteiger partial charge in [-0.15, -0.1) is 0 Å². The molecule has 0 aliphatic rings. The quantitative estimate of drug-likeness (QED) is 0.656. The summed E-state index contributed by atoms with van der Waals surface area (Å²) in [5, 5.41) is 1.87. The van der Waals surface area contributed by atoms with E-state index in [4.69, 9.17) is 0 Å². The molecule has 0 aromatic heterocycles. The van der Waals surface area contributed by atoms with Crippen LogP contribution in [-0.4, -0.2) is 14.1 Å². The van der Waals surface area contributed by atoms with Crippen LogP contribution in [0.15, 0.2) is 24.3 Å².